The maximum Gasteiger partial charge on any atom is 0.329 e. The first kappa shape index (κ1) is 15.3. The Hall–Kier alpha value is -2.11. The summed E-state index contributed by atoms with van der Waals surface area (Å²) >= 11 is 0. The van der Waals surface area contributed by atoms with Crippen LogP contribution >= 0.6 is 0 Å². The highest BCUT2D eigenvalue weighted by Gasteiger charge is 2.13. The summed E-state index contributed by atoms with van der Waals surface area (Å²) < 4.78 is 6.07. The molecule has 114 valence electrons. The van der Waals surface area contributed by atoms with E-state index in [1.54, 1.807) is 6.07 Å². The van der Waals surface area contributed by atoms with Crippen molar-refractivity contribution in [3.63, 3.8) is 0 Å². The van der Waals surface area contributed by atoms with Gasteiger partial charge in [-0.05, 0) is 17.9 Å². The summed E-state index contributed by atoms with van der Waals surface area (Å²) in [5.74, 6) is 1.47. The highest BCUT2D eigenvalue weighted by molar-refractivity contribution is 5.78. The molecular formula is C15H21N3O3. The van der Waals surface area contributed by atoms with E-state index in [0.29, 0.717) is 17.7 Å². The van der Waals surface area contributed by atoms with Gasteiger partial charge in [0.1, 0.15) is 0 Å². The minimum Gasteiger partial charge on any atom is -0.481 e. The second-order valence-corrected chi connectivity index (χ2v) is 5.38. The van der Waals surface area contributed by atoms with Crippen LogP contribution in [0.3, 0.4) is 0 Å². The second-order valence-electron chi connectivity index (χ2n) is 5.38. The van der Waals surface area contributed by atoms with Crippen LogP contribution in [0.25, 0.3) is 11.0 Å². The molecule has 6 nitrogen and oxygen atoms in total. The lowest BCUT2D eigenvalue weighted by atomic mass is 10.1. The Morgan fingerprint density at radius 1 is 1.43 bits per heavy atom. The van der Waals surface area contributed by atoms with Gasteiger partial charge in [0.25, 0.3) is 5.56 Å². The molecule has 0 amide bonds. The van der Waals surface area contributed by atoms with E-state index in [1.165, 1.54) is 27.0 Å². The van der Waals surface area contributed by atoms with Gasteiger partial charge in [-0.25, -0.2) is 4.79 Å². The third kappa shape index (κ3) is 3.32. The maximum absolute atomic E-state index is 12.0. The average Bonchev–Trinajstić information content (AvgIpc) is 3.26. The molecule has 1 aliphatic rings. The Labute approximate surface area is 122 Å². The molecule has 0 saturated heterocycles. The number of H-pyrrole nitrogens is 1. The van der Waals surface area contributed by atoms with E-state index in [9.17, 15) is 9.59 Å². The van der Waals surface area contributed by atoms with Gasteiger partial charge in [0, 0.05) is 13.1 Å². The van der Waals surface area contributed by atoms with E-state index < -0.39 is 5.69 Å². The number of ether oxygens (including phenoxy) is 1. The number of aromatic amines is 1. The number of nitrogens with zero attached hydrogens (tertiary/aromatic N) is 2. The molecule has 0 unspecified atom stereocenters. The molecule has 0 atom stereocenters. The number of fused-ring (bicyclic) bond motifs is 1. The number of hydrogen-bond acceptors (Lipinski definition) is 4. The van der Waals surface area contributed by atoms with Crippen LogP contribution in [-0.2, 0) is 13.5 Å². The molecule has 1 saturated carbocycles. The summed E-state index contributed by atoms with van der Waals surface area (Å²) in [6.07, 6.45) is 3.64. The summed E-state index contributed by atoms with van der Waals surface area (Å²) in [4.78, 5) is 30.1. The van der Waals surface area contributed by atoms with Crippen molar-refractivity contribution in [2.45, 2.75) is 33.1 Å². The zero-order valence-corrected chi connectivity index (χ0v) is 12.9. The molecule has 1 N–H and O–H groups in total. The van der Waals surface area contributed by atoms with Gasteiger partial charge < -0.3 is 4.74 Å². The van der Waals surface area contributed by atoms with Crippen LogP contribution in [0.2, 0.25) is 0 Å². The van der Waals surface area contributed by atoms with Crippen LogP contribution in [-0.4, -0.2) is 21.6 Å². The van der Waals surface area contributed by atoms with Crippen molar-refractivity contribution in [2.75, 3.05) is 7.11 Å². The Balaban J connectivity index is 0.000000347. The van der Waals surface area contributed by atoms with Crippen molar-refractivity contribution < 1.29 is 4.74 Å². The Kier molecular flexibility index (Phi) is 4.45. The molecule has 0 radical (unpaired) electrons. The molecule has 0 aromatic carbocycles. The van der Waals surface area contributed by atoms with Gasteiger partial charge in [0.2, 0.25) is 5.88 Å². The van der Waals surface area contributed by atoms with Crippen molar-refractivity contribution in [3.8, 4) is 5.88 Å². The molecule has 21 heavy (non-hydrogen) atoms. The fraction of sp³-hybridized carbons (Fsp3) is 0.533. The number of hydrogen-bond donors (Lipinski definition) is 1. The van der Waals surface area contributed by atoms with E-state index in [4.69, 9.17) is 4.74 Å². The highest BCUT2D eigenvalue weighted by Crippen LogP contribution is 2.26. The molecule has 2 aromatic rings. The number of nitrogens with one attached hydrogen (secondary N) is 1. The van der Waals surface area contributed by atoms with Gasteiger partial charge in [0.15, 0.2) is 5.65 Å². The Morgan fingerprint density at radius 3 is 2.52 bits per heavy atom. The fourth-order valence-electron chi connectivity index (χ4n) is 1.90. The number of pyridine rings is 1. The quantitative estimate of drug-likeness (QED) is 0.912. The summed E-state index contributed by atoms with van der Waals surface area (Å²) in [6.45, 7) is 4.21. The second kappa shape index (κ2) is 6.11. The minimum absolute atomic E-state index is 0.273. The zero-order chi connectivity index (χ0) is 15.6. The van der Waals surface area contributed by atoms with E-state index in [2.05, 4.69) is 16.9 Å². The van der Waals surface area contributed by atoms with Crippen LogP contribution in [0.1, 0.15) is 32.3 Å². The van der Waals surface area contributed by atoms with Crippen LogP contribution in [0.5, 0.6) is 5.88 Å². The number of aryl methyl sites for hydroxylation is 1. The number of aromatic nitrogens is 3. The summed E-state index contributed by atoms with van der Waals surface area (Å²) in [5.41, 5.74) is 0.263. The minimum atomic E-state index is -0.481. The number of methoxy groups -OCH3 is 1. The predicted octanol–water partition coefficient (Wildman–Crippen LogP) is 1.61. The zero-order valence-electron chi connectivity index (χ0n) is 12.9. The first-order chi connectivity index (χ1) is 9.97. The highest BCUT2D eigenvalue weighted by atomic mass is 16.5. The molecule has 6 heteroatoms. The SMILES string of the molecule is CC1CC1.CCc1cc(OC)nc2[nH]c(=O)n(C)c(=O)c12. The van der Waals surface area contributed by atoms with E-state index in [-0.39, 0.29) is 11.2 Å². The third-order valence-corrected chi connectivity index (χ3v) is 3.58. The predicted molar refractivity (Wildman–Crippen MR) is 81.9 cm³/mol. The van der Waals surface area contributed by atoms with Crippen molar-refractivity contribution in [2.24, 2.45) is 13.0 Å². The number of rotatable bonds is 2. The van der Waals surface area contributed by atoms with Crippen LogP contribution in [0.15, 0.2) is 15.7 Å². The summed E-state index contributed by atoms with van der Waals surface area (Å²) in [5, 5.41) is 0.440. The average molecular weight is 291 g/mol. The van der Waals surface area contributed by atoms with Crippen LogP contribution in [0, 0.1) is 5.92 Å². The van der Waals surface area contributed by atoms with Crippen LogP contribution < -0.4 is 16.0 Å². The van der Waals surface area contributed by atoms with Crippen LogP contribution in [0.4, 0.5) is 0 Å². The standard InChI is InChI=1S/C11H13N3O3.C4H8/c1-4-6-5-7(17-3)12-9-8(6)10(15)14(2)11(16)13-9;1-4-2-3-4/h5H,4H2,1-3H3,(H,12,13,16);4H,2-3H2,1H3. The van der Waals surface area contributed by atoms with Crippen molar-refractivity contribution in [1.82, 2.24) is 14.5 Å². The molecule has 0 bridgehead atoms. The normalized spacial score (nSPS) is 13.7. The topological polar surface area (TPSA) is 77.0 Å². The maximum atomic E-state index is 12.0. The molecule has 3 rings (SSSR count). The molecular weight excluding hydrogens is 270 g/mol. The van der Waals surface area contributed by atoms with E-state index in [1.807, 2.05) is 6.92 Å². The third-order valence-electron chi connectivity index (χ3n) is 3.58. The van der Waals surface area contributed by atoms with Gasteiger partial charge in [-0.15, -0.1) is 0 Å². The first-order valence-electron chi connectivity index (χ1n) is 7.14. The molecule has 2 aromatic heterocycles. The first-order valence-corrected chi connectivity index (χ1v) is 7.14. The smallest absolute Gasteiger partial charge is 0.329 e. The van der Waals surface area contributed by atoms with Gasteiger partial charge in [-0.3, -0.25) is 14.3 Å². The molecule has 0 aliphatic heterocycles. The van der Waals surface area contributed by atoms with E-state index in [0.717, 1.165) is 16.0 Å². The summed E-state index contributed by atoms with van der Waals surface area (Å²) in [7, 11) is 2.93. The summed E-state index contributed by atoms with van der Waals surface area (Å²) in [6, 6.07) is 1.71. The van der Waals surface area contributed by atoms with Gasteiger partial charge in [-0.2, -0.15) is 4.98 Å². The van der Waals surface area contributed by atoms with Gasteiger partial charge in [0.05, 0.1) is 12.5 Å². The van der Waals surface area contributed by atoms with E-state index >= 15 is 0 Å². The molecule has 1 aliphatic carbocycles. The van der Waals surface area contributed by atoms with Gasteiger partial charge >= 0.3 is 5.69 Å². The van der Waals surface area contributed by atoms with Crippen molar-refractivity contribution in [1.29, 1.82) is 0 Å². The van der Waals surface area contributed by atoms with Crippen molar-refractivity contribution >= 4 is 11.0 Å². The lowest BCUT2D eigenvalue weighted by molar-refractivity contribution is 0.398. The lowest BCUT2D eigenvalue weighted by Gasteiger charge is -2.07. The monoisotopic (exact) mass is 291 g/mol. The largest absolute Gasteiger partial charge is 0.481 e. The Morgan fingerprint density at radius 2 is 2.05 bits per heavy atom. The fourth-order valence-corrected chi connectivity index (χ4v) is 1.90. The molecule has 1 fully saturated rings. The molecule has 0 spiro atoms. The Bertz CT molecular complexity index is 757. The lowest BCUT2D eigenvalue weighted by Crippen LogP contribution is -2.33. The van der Waals surface area contributed by atoms with Crippen molar-refractivity contribution in [3.05, 3.63) is 32.5 Å². The van der Waals surface area contributed by atoms with Gasteiger partial charge in [-0.1, -0.05) is 26.7 Å². The molecule has 2 heterocycles.